The van der Waals surface area contributed by atoms with Crippen LogP contribution in [0.3, 0.4) is 0 Å². The van der Waals surface area contributed by atoms with Gasteiger partial charge in [-0.3, -0.25) is 14.6 Å². The number of anilines is 2. The van der Waals surface area contributed by atoms with Crippen LogP contribution in [-0.4, -0.2) is 39.9 Å². The summed E-state index contributed by atoms with van der Waals surface area (Å²) in [7, 11) is 0. The van der Waals surface area contributed by atoms with E-state index in [0.717, 1.165) is 5.56 Å². The molecule has 1 aromatic carbocycles. The van der Waals surface area contributed by atoms with Crippen LogP contribution in [0.4, 0.5) is 16.3 Å². The molecule has 0 atom stereocenters. The molecule has 4 N–H and O–H groups in total. The van der Waals surface area contributed by atoms with Gasteiger partial charge < -0.3 is 21.1 Å². The van der Waals surface area contributed by atoms with Crippen LogP contribution in [0, 0.1) is 0 Å². The zero-order valence-electron chi connectivity index (χ0n) is 20.0. The average molecular weight is 476 g/mol. The minimum Gasteiger partial charge on any atom is -0.444 e. The first-order valence-electron chi connectivity index (χ1n) is 11.2. The van der Waals surface area contributed by atoms with Crippen LogP contribution in [0.25, 0.3) is 11.1 Å². The third-order valence-electron chi connectivity index (χ3n) is 4.89. The van der Waals surface area contributed by atoms with Crippen molar-refractivity contribution >= 4 is 29.3 Å². The molecule has 0 unspecified atom stereocenters. The number of carbonyl (C=O) groups is 3. The largest absolute Gasteiger partial charge is 0.444 e. The van der Waals surface area contributed by atoms with E-state index in [1.807, 2.05) is 0 Å². The first-order valence-corrected chi connectivity index (χ1v) is 11.2. The molecule has 2 amide bonds. The van der Waals surface area contributed by atoms with Gasteiger partial charge in [0.15, 0.2) is 5.78 Å². The molecule has 2 heterocycles. The van der Waals surface area contributed by atoms with Crippen molar-refractivity contribution in [2.75, 3.05) is 17.6 Å². The lowest BCUT2D eigenvalue weighted by Crippen LogP contribution is -2.33. The van der Waals surface area contributed by atoms with Crippen molar-refractivity contribution in [2.24, 2.45) is 0 Å². The van der Waals surface area contributed by atoms with E-state index in [9.17, 15) is 14.4 Å². The van der Waals surface area contributed by atoms with Crippen molar-refractivity contribution in [3.8, 4) is 11.1 Å². The van der Waals surface area contributed by atoms with E-state index >= 15 is 0 Å². The highest BCUT2D eigenvalue weighted by Gasteiger charge is 2.16. The van der Waals surface area contributed by atoms with Crippen molar-refractivity contribution in [2.45, 2.75) is 39.2 Å². The number of alkyl carbamates (subject to hydrolysis) is 1. The maximum Gasteiger partial charge on any atom is 0.407 e. The number of aromatic nitrogens is 2. The highest BCUT2D eigenvalue weighted by Crippen LogP contribution is 2.24. The van der Waals surface area contributed by atoms with E-state index in [4.69, 9.17) is 10.5 Å². The van der Waals surface area contributed by atoms with Gasteiger partial charge in [-0.15, -0.1) is 0 Å². The standard InChI is InChI=1S/C26H29N5O4/c1-26(2,3)35-25(34)29-12-4-5-22(32)18-8-6-17(7-9-18)19-15-21(23(27)30-16-19)24(33)31-20-10-13-28-14-11-20/h6-11,13-16H,4-5,12H2,1-3H3,(H2,27,30)(H,29,34)(H,28,31,33). The SMILES string of the molecule is CC(C)(C)OC(=O)NCCCC(=O)c1ccc(-c2cnc(N)c(C(=O)Nc3ccncc3)c2)cc1. The monoisotopic (exact) mass is 475 g/mol. The van der Waals surface area contributed by atoms with Crippen molar-refractivity contribution in [3.63, 3.8) is 0 Å². The fourth-order valence-corrected chi connectivity index (χ4v) is 3.20. The first kappa shape index (κ1) is 25.4. The molecule has 0 aliphatic heterocycles. The Balaban J connectivity index is 1.59. The van der Waals surface area contributed by atoms with E-state index in [1.54, 1.807) is 81.8 Å². The fraction of sp³-hybridized carbons (Fsp3) is 0.269. The third kappa shape index (κ3) is 7.63. The second-order valence-electron chi connectivity index (χ2n) is 8.88. The van der Waals surface area contributed by atoms with Crippen LogP contribution < -0.4 is 16.4 Å². The minimum absolute atomic E-state index is 0.0320. The van der Waals surface area contributed by atoms with E-state index in [2.05, 4.69) is 20.6 Å². The van der Waals surface area contributed by atoms with Crippen molar-refractivity contribution in [3.05, 3.63) is 72.2 Å². The van der Waals surface area contributed by atoms with Gasteiger partial charge in [0, 0.05) is 48.4 Å². The summed E-state index contributed by atoms with van der Waals surface area (Å²) in [6, 6.07) is 12.1. The number of carbonyl (C=O) groups excluding carboxylic acids is 3. The number of hydrogen-bond donors (Lipinski definition) is 3. The summed E-state index contributed by atoms with van der Waals surface area (Å²) >= 11 is 0. The number of Topliss-reactive ketones (excluding diaryl/α,β-unsaturated/α-hetero) is 1. The number of ether oxygens (including phenoxy) is 1. The van der Waals surface area contributed by atoms with Crippen LogP contribution in [0.5, 0.6) is 0 Å². The van der Waals surface area contributed by atoms with Gasteiger partial charge in [-0.05, 0) is 51.0 Å². The highest BCUT2D eigenvalue weighted by molar-refractivity contribution is 6.07. The lowest BCUT2D eigenvalue weighted by molar-refractivity contribution is 0.0525. The Bertz CT molecular complexity index is 1190. The zero-order chi connectivity index (χ0) is 25.4. The lowest BCUT2D eigenvalue weighted by atomic mass is 10.0. The molecular formula is C26H29N5O4. The fourth-order valence-electron chi connectivity index (χ4n) is 3.20. The maximum absolute atomic E-state index is 12.7. The quantitative estimate of drug-likeness (QED) is 0.323. The summed E-state index contributed by atoms with van der Waals surface area (Å²) < 4.78 is 5.17. The van der Waals surface area contributed by atoms with Crippen LogP contribution in [-0.2, 0) is 4.74 Å². The van der Waals surface area contributed by atoms with E-state index in [0.29, 0.717) is 29.8 Å². The molecule has 3 aromatic rings. The molecule has 0 fully saturated rings. The Morgan fingerprint density at radius 3 is 2.34 bits per heavy atom. The molecule has 35 heavy (non-hydrogen) atoms. The molecular weight excluding hydrogens is 446 g/mol. The number of hydrogen-bond acceptors (Lipinski definition) is 7. The topological polar surface area (TPSA) is 136 Å². The van der Waals surface area contributed by atoms with Gasteiger partial charge in [0.1, 0.15) is 11.4 Å². The summed E-state index contributed by atoms with van der Waals surface area (Å²) in [5.41, 5.74) is 8.25. The summed E-state index contributed by atoms with van der Waals surface area (Å²) in [4.78, 5) is 44.9. The smallest absolute Gasteiger partial charge is 0.407 e. The van der Waals surface area contributed by atoms with Gasteiger partial charge in [0.25, 0.3) is 5.91 Å². The molecule has 0 saturated heterocycles. The molecule has 0 aliphatic rings. The molecule has 0 bridgehead atoms. The number of nitrogens with zero attached hydrogens (tertiary/aromatic N) is 2. The number of nitrogens with two attached hydrogens (primary N) is 1. The van der Waals surface area contributed by atoms with Crippen LogP contribution in [0.2, 0.25) is 0 Å². The average Bonchev–Trinajstić information content (AvgIpc) is 2.81. The second-order valence-corrected chi connectivity index (χ2v) is 8.88. The molecule has 182 valence electrons. The van der Waals surface area contributed by atoms with Gasteiger partial charge in [-0.25, -0.2) is 9.78 Å². The lowest BCUT2D eigenvalue weighted by Gasteiger charge is -2.19. The molecule has 0 saturated carbocycles. The van der Waals surface area contributed by atoms with E-state index in [1.165, 1.54) is 0 Å². The minimum atomic E-state index is -0.564. The van der Waals surface area contributed by atoms with Crippen LogP contribution >= 0.6 is 0 Å². The van der Waals surface area contributed by atoms with Gasteiger partial charge in [-0.2, -0.15) is 0 Å². The van der Waals surface area contributed by atoms with E-state index in [-0.39, 0.29) is 29.5 Å². The number of rotatable bonds is 8. The molecule has 0 radical (unpaired) electrons. The number of nitrogens with one attached hydrogen (secondary N) is 2. The zero-order valence-corrected chi connectivity index (χ0v) is 20.0. The number of nitrogen functional groups attached to an aromatic ring is 1. The Labute approximate surface area is 204 Å². The van der Waals surface area contributed by atoms with Crippen molar-refractivity contribution in [1.29, 1.82) is 0 Å². The third-order valence-corrected chi connectivity index (χ3v) is 4.89. The van der Waals surface area contributed by atoms with Gasteiger partial charge in [0.05, 0.1) is 5.56 Å². The number of ketones is 1. The molecule has 0 aliphatic carbocycles. The predicted molar refractivity (Wildman–Crippen MR) is 134 cm³/mol. The molecule has 9 heteroatoms. The molecule has 2 aromatic heterocycles. The van der Waals surface area contributed by atoms with E-state index < -0.39 is 11.7 Å². The molecule has 9 nitrogen and oxygen atoms in total. The van der Waals surface area contributed by atoms with Gasteiger partial charge in [0.2, 0.25) is 0 Å². The van der Waals surface area contributed by atoms with Gasteiger partial charge in [-0.1, -0.05) is 24.3 Å². The summed E-state index contributed by atoms with van der Waals surface area (Å²) in [5.74, 6) is -0.294. The molecule has 3 rings (SSSR count). The van der Waals surface area contributed by atoms with Crippen molar-refractivity contribution in [1.82, 2.24) is 15.3 Å². The number of benzene rings is 1. The normalized spacial score (nSPS) is 10.9. The van der Waals surface area contributed by atoms with Crippen molar-refractivity contribution < 1.29 is 19.1 Å². The first-order chi connectivity index (χ1) is 16.6. The summed E-state index contributed by atoms with van der Waals surface area (Å²) in [6.07, 6.45) is 5.02. The van der Waals surface area contributed by atoms with Crippen LogP contribution in [0.1, 0.15) is 54.3 Å². The Hall–Kier alpha value is -4.27. The second kappa shape index (κ2) is 11.2. The van der Waals surface area contributed by atoms with Crippen LogP contribution in [0.15, 0.2) is 61.1 Å². The Morgan fingerprint density at radius 1 is 1.00 bits per heavy atom. The summed E-state index contributed by atoms with van der Waals surface area (Å²) in [6.45, 7) is 5.72. The Kier molecular flexibility index (Phi) is 8.14. The number of pyridine rings is 2. The Morgan fingerprint density at radius 2 is 1.69 bits per heavy atom. The predicted octanol–water partition coefficient (Wildman–Crippen LogP) is 4.47. The maximum atomic E-state index is 12.7. The highest BCUT2D eigenvalue weighted by atomic mass is 16.6. The molecule has 0 spiro atoms. The summed E-state index contributed by atoms with van der Waals surface area (Å²) in [5, 5.41) is 5.41. The number of amides is 2. The van der Waals surface area contributed by atoms with Gasteiger partial charge >= 0.3 is 6.09 Å².